The van der Waals surface area contributed by atoms with Crippen LogP contribution in [0, 0.1) is 5.92 Å². The monoisotopic (exact) mass is 367 g/mol. The van der Waals surface area contributed by atoms with E-state index >= 15 is 0 Å². The number of nitrogens with zero attached hydrogens (tertiary/aromatic N) is 3. The maximum atomic E-state index is 12.7. The Morgan fingerprint density at radius 2 is 1.84 bits per heavy atom. The standard InChI is InChI=1S/C16H25N5O3S/c1-20-7-8-21(2)16-14(20)9-13(10-18-16)25(23,24)19-12-5-3-11(4-6-12)15(17)22/h9-12,19H,3-8H2,1-2H3,(H2,17,22). The average molecular weight is 367 g/mol. The number of sulfonamides is 1. The molecule has 25 heavy (non-hydrogen) atoms. The second-order valence-electron chi connectivity index (χ2n) is 6.93. The highest BCUT2D eigenvalue weighted by molar-refractivity contribution is 7.89. The second kappa shape index (κ2) is 6.80. The molecule has 3 N–H and O–H groups in total. The van der Waals surface area contributed by atoms with E-state index in [-0.39, 0.29) is 22.8 Å². The Labute approximate surface area is 148 Å². The summed E-state index contributed by atoms with van der Waals surface area (Å²) < 4.78 is 28.2. The quantitative estimate of drug-likeness (QED) is 0.792. The van der Waals surface area contributed by atoms with Crippen LogP contribution in [0.1, 0.15) is 25.7 Å². The molecule has 2 aliphatic rings. The highest BCUT2D eigenvalue weighted by Gasteiger charge is 2.29. The third-order valence-corrected chi connectivity index (χ3v) is 6.61. The van der Waals surface area contributed by atoms with Gasteiger partial charge in [-0.1, -0.05) is 0 Å². The van der Waals surface area contributed by atoms with E-state index in [1.165, 1.54) is 6.20 Å². The van der Waals surface area contributed by atoms with Crippen molar-refractivity contribution in [2.75, 3.05) is 37.0 Å². The first-order chi connectivity index (χ1) is 11.8. The Morgan fingerprint density at radius 1 is 1.20 bits per heavy atom. The molecule has 0 bridgehead atoms. The van der Waals surface area contributed by atoms with E-state index in [1.54, 1.807) is 6.07 Å². The number of amides is 1. The van der Waals surface area contributed by atoms with Gasteiger partial charge in [0.15, 0.2) is 5.82 Å². The lowest BCUT2D eigenvalue weighted by Crippen LogP contribution is -2.40. The Morgan fingerprint density at radius 3 is 2.48 bits per heavy atom. The van der Waals surface area contributed by atoms with E-state index in [4.69, 9.17) is 5.73 Å². The third-order valence-electron chi connectivity index (χ3n) is 5.13. The Hall–Kier alpha value is -1.87. The number of nitrogens with one attached hydrogen (secondary N) is 1. The highest BCUT2D eigenvalue weighted by Crippen LogP contribution is 2.31. The van der Waals surface area contributed by atoms with Crippen molar-refractivity contribution >= 4 is 27.4 Å². The van der Waals surface area contributed by atoms with Crippen LogP contribution in [0.4, 0.5) is 11.5 Å². The van der Waals surface area contributed by atoms with Crippen LogP contribution < -0.4 is 20.3 Å². The van der Waals surface area contributed by atoms with Gasteiger partial charge in [-0.25, -0.2) is 18.1 Å². The van der Waals surface area contributed by atoms with Crippen LogP contribution in [0.15, 0.2) is 17.2 Å². The number of primary amides is 1. The summed E-state index contributed by atoms with van der Waals surface area (Å²) >= 11 is 0. The van der Waals surface area contributed by atoms with Crippen LogP contribution in [-0.2, 0) is 14.8 Å². The lowest BCUT2D eigenvalue weighted by molar-refractivity contribution is -0.122. The van der Waals surface area contributed by atoms with E-state index in [9.17, 15) is 13.2 Å². The summed E-state index contributed by atoms with van der Waals surface area (Å²) in [5.74, 6) is 0.345. The zero-order chi connectivity index (χ0) is 18.2. The van der Waals surface area contributed by atoms with Crippen molar-refractivity contribution in [2.45, 2.75) is 36.6 Å². The Kier molecular flexibility index (Phi) is 4.88. The minimum atomic E-state index is -3.65. The van der Waals surface area contributed by atoms with Crippen molar-refractivity contribution in [2.24, 2.45) is 11.7 Å². The summed E-state index contributed by atoms with van der Waals surface area (Å²) in [7, 11) is 0.234. The van der Waals surface area contributed by atoms with Crippen LogP contribution in [0.5, 0.6) is 0 Å². The highest BCUT2D eigenvalue weighted by atomic mass is 32.2. The molecule has 0 atom stereocenters. The van der Waals surface area contributed by atoms with Gasteiger partial charge in [-0.05, 0) is 31.7 Å². The molecule has 1 amide bonds. The molecule has 3 rings (SSSR count). The summed E-state index contributed by atoms with van der Waals surface area (Å²) in [5.41, 5.74) is 6.14. The molecule has 2 heterocycles. The lowest BCUT2D eigenvalue weighted by Gasteiger charge is -2.33. The second-order valence-corrected chi connectivity index (χ2v) is 8.64. The number of rotatable bonds is 4. The van der Waals surface area contributed by atoms with E-state index in [0.717, 1.165) is 24.6 Å². The number of carbonyl (C=O) groups is 1. The van der Waals surface area contributed by atoms with Gasteiger partial charge in [-0.15, -0.1) is 0 Å². The minimum Gasteiger partial charge on any atom is -0.370 e. The summed E-state index contributed by atoms with van der Waals surface area (Å²) in [4.78, 5) is 19.8. The van der Waals surface area contributed by atoms with Gasteiger partial charge in [0.2, 0.25) is 15.9 Å². The maximum Gasteiger partial charge on any atom is 0.242 e. The molecule has 1 aliphatic carbocycles. The SMILES string of the molecule is CN1CCN(C)c2ncc(S(=O)(=O)NC3CCC(C(N)=O)CC3)cc21. The summed E-state index contributed by atoms with van der Waals surface area (Å²) in [6.07, 6.45) is 3.89. The largest absolute Gasteiger partial charge is 0.370 e. The zero-order valence-corrected chi connectivity index (χ0v) is 15.4. The molecule has 1 aliphatic heterocycles. The van der Waals surface area contributed by atoms with E-state index in [1.807, 2.05) is 23.9 Å². The molecule has 1 aromatic heterocycles. The van der Waals surface area contributed by atoms with Crippen molar-refractivity contribution in [3.63, 3.8) is 0 Å². The first kappa shape index (κ1) is 17.9. The molecule has 1 saturated carbocycles. The predicted molar refractivity (Wildman–Crippen MR) is 96.0 cm³/mol. The smallest absolute Gasteiger partial charge is 0.242 e. The number of carbonyl (C=O) groups excluding carboxylic acids is 1. The number of anilines is 2. The summed E-state index contributed by atoms with van der Waals surface area (Å²) in [5, 5.41) is 0. The molecule has 138 valence electrons. The van der Waals surface area contributed by atoms with Gasteiger partial charge >= 0.3 is 0 Å². The van der Waals surface area contributed by atoms with Gasteiger partial charge in [0.25, 0.3) is 0 Å². The van der Waals surface area contributed by atoms with E-state index in [2.05, 4.69) is 9.71 Å². The maximum absolute atomic E-state index is 12.7. The molecular formula is C16H25N5O3S. The van der Waals surface area contributed by atoms with Crippen LogP contribution in [0.2, 0.25) is 0 Å². The predicted octanol–water partition coefficient (Wildman–Crippen LogP) is 0.290. The molecule has 0 radical (unpaired) electrons. The number of hydrogen-bond donors (Lipinski definition) is 2. The van der Waals surface area contributed by atoms with E-state index < -0.39 is 10.0 Å². The summed E-state index contributed by atoms with van der Waals surface area (Å²) in [6.45, 7) is 1.67. The molecule has 0 unspecified atom stereocenters. The molecule has 8 nitrogen and oxygen atoms in total. The molecule has 0 aromatic carbocycles. The van der Waals surface area contributed by atoms with Gasteiger partial charge < -0.3 is 15.5 Å². The van der Waals surface area contributed by atoms with E-state index in [0.29, 0.717) is 25.7 Å². The fraction of sp³-hybridized carbons (Fsp3) is 0.625. The first-order valence-corrected chi connectivity index (χ1v) is 10.00. The fourth-order valence-electron chi connectivity index (χ4n) is 3.46. The average Bonchev–Trinajstić information content (AvgIpc) is 2.58. The molecule has 0 saturated heterocycles. The van der Waals surface area contributed by atoms with Gasteiger partial charge in [0.1, 0.15) is 4.90 Å². The normalized spacial score (nSPS) is 24.1. The number of likely N-dealkylation sites (N-methyl/N-ethyl adjacent to an activating group) is 2. The minimum absolute atomic E-state index is 0.143. The summed E-state index contributed by atoms with van der Waals surface area (Å²) in [6, 6.07) is 1.51. The van der Waals surface area contributed by atoms with Crippen LogP contribution in [0.3, 0.4) is 0 Å². The van der Waals surface area contributed by atoms with Crippen LogP contribution >= 0.6 is 0 Å². The Bertz CT molecular complexity index is 759. The molecular weight excluding hydrogens is 342 g/mol. The number of pyridine rings is 1. The van der Waals surface area contributed by atoms with Gasteiger partial charge in [-0.2, -0.15) is 0 Å². The van der Waals surface area contributed by atoms with Crippen molar-refractivity contribution in [1.29, 1.82) is 0 Å². The van der Waals surface area contributed by atoms with Gasteiger partial charge in [0, 0.05) is 45.3 Å². The fourth-order valence-corrected chi connectivity index (χ4v) is 4.73. The van der Waals surface area contributed by atoms with Crippen molar-refractivity contribution in [3.8, 4) is 0 Å². The lowest BCUT2D eigenvalue weighted by atomic mass is 9.86. The molecule has 1 fully saturated rings. The first-order valence-electron chi connectivity index (χ1n) is 8.52. The Balaban J connectivity index is 1.75. The van der Waals surface area contributed by atoms with Crippen LogP contribution in [0.25, 0.3) is 0 Å². The molecule has 1 aromatic rings. The topological polar surface area (TPSA) is 109 Å². The number of hydrogen-bond acceptors (Lipinski definition) is 6. The van der Waals surface area contributed by atoms with Gasteiger partial charge in [0.05, 0.1) is 5.69 Å². The van der Waals surface area contributed by atoms with Crippen molar-refractivity contribution < 1.29 is 13.2 Å². The zero-order valence-electron chi connectivity index (χ0n) is 14.6. The third kappa shape index (κ3) is 3.72. The van der Waals surface area contributed by atoms with Crippen LogP contribution in [-0.4, -0.2) is 52.5 Å². The van der Waals surface area contributed by atoms with Crippen molar-refractivity contribution in [1.82, 2.24) is 9.71 Å². The molecule has 0 spiro atoms. The molecule has 9 heteroatoms. The number of aromatic nitrogens is 1. The number of fused-ring (bicyclic) bond motifs is 1. The number of nitrogens with two attached hydrogens (primary N) is 1. The van der Waals surface area contributed by atoms with Crippen molar-refractivity contribution in [3.05, 3.63) is 12.3 Å². The van der Waals surface area contributed by atoms with Gasteiger partial charge in [-0.3, -0.25) is 4.79 Å².